The molecule has 110 valence electrons. The van der Waals surface area contributed by atoms with E-state index in [1.54, 1.807) is 7.11 Å². The molecule has 0 radical (unpaired) electrons. The van der Waals surface area contributed by atoms with E-state index in [2.05, 4.69) is 10.3 Å². The number of hydrogen-bond donors (Lipinski definition) is 1. The zero-order valence-corrected chi connectivity index (χ0v) is 12.3. The van der Waals surface area contributed by atoms with Gasteiger partial charge in [0.1, 0.15) is 17.4 Å². The van der Waals surface area contributed by atoms with Crippen molar-refractivity contribution < 1.29 is 9.47 Å². The van der Waals surface area contributed by atoms with Crippen molar-refractivity contribution in [2.24, 2.45) is 0 Å². The minimum absolute atomic E-state index is 0.584. The summed E-state index contributed by atoms with van der Waals surface area (Å²) < 4.78 is 10.9. The molecule has 2 aromatic rings. The summed E-state index contributed by atoms with van der Waals surface area (Å²) in [6.45, 7) is 1.31. The third-order valence-electron chi connectivity index (χ3n) is 3.65. The molecule has 0 fully saturated rings. The Morgan fingerprint density at radius 2 is 2.14 bits per heavy atom. The number of rotatable bonds is 4. The Morgan fingerprint density at radius 1 is 1.29 bits per heavy atom. The number of methoxy groups -OCH3 is 1. The number of aromatic nitrogens is 2. The van der Waals surface area contributed by atoms with E-state index in [0.717, 1.165) is 47.2 Å². The van der Waals surface area contributed by atoms with Crippen molar-refractivity contribution in [3.63, 3.8) is 0 Å². The number of anilines is 1. The summed E-state index contributed by atoms with van der Waals surface area (Å²) in [7, 11) is 3.56. The van der Waals surface area contributed by atoms with Gasteiger partial charge in [-0.25, -0.2) is 9.97 Å². The first-order chi connectivity index (χ1) is 10.3. The molecule has 1 aliphatic heterocycles. The first-order valence-electron chi connectivity index (χ1n) is 7.08. The van der Waals surface area contributed by atoms with Crippen LogP contribution in [0.5, 0.6) is 5.75 Å². The van der Waals surface area contributed by atoms with Gasteiger partial charge in [0.15, 0.2) is 0 Å². The molecule has 0 unspecified atom stereocenters. The summed E-state index contributed by atoms with van der Waals surface area (Å²) in [5.41, 5.74) is 3.26. The number of ether oxygens (including phenoxy) is 2. The lowest BCUT2D eigenvalue weighted by molar-refractivity contribution is 0.109. The smallest absolute Gasteiger partial charge is 0.135 e. The monoisotopic (exact) mass is 285 g/mol. The van der Waals surface area contributed by atoms with Crippen molar-refractivity contribution in [1.82, 2.24) is 9.97 Å². The molecule has 1 N–H and O–H groups in total. The number of hydrogen-bond acceptors (Lipinski definition) is 5. The van der Waals surface area contributed by atoms with Crippen molar-refractivity contribution in [3.8, 4) is 5.75 Å². The molecule has 21 heavy (non-hydrogen) atoms. The molecule has 0 aliphatic carbocycles. The molecule has 0 atom stereocenters. The number of nitrogens with zero attached hydrogens (tertiary/aromatic N) is 2. The van der Waals surface area contributed by atoms with Crippen LogP contribution in [0, 0.1) is 0 Å². The Hall–Kier alpha value is -2.14. The molecule has 1 aromatic heterocycles. The summed E-state index contributed by atoms with van der Waals surface area (Å²) in [5.74, 6) is 2.54. The van der Waals surface area contributed by atoms with E-state index in [9.17, 15) is 0 Å². The van der Waals surface area contributed by atoms with Gasteiger partial charge in [-0.15, -0.1) is 0 Å². The van der Waals surface area contributed by atoms with Crippen molar-refractivity contribution in [3.05, 3.63) is 46.9 Å². The molecule has 5 heteroatoms. The maximum atomic E-state index is 5.49. The van der Waals surface area contributed by atoms with E-state index in [-0.39, 0.29) is 0 Å². The molecular formula is C16H19N3O2. The Balaban J connectivity index is 1.95. The van der Waals surface area contributed by atoms with Crippen LogP contribution < -0.4 is 10.1 Å². The van der Waals surface area contributed by atoms with Gasteiger partial charge in [0, 0.05) is 31.0 Å². The average molecular weight is 285 g/mol. The van der Waals surface area contributed by atoms with Crippen molar-refractivity contribution in [1.29, 1.82) is 0 Å². The number of benzene rings is 1. The van der Waals surface area contributed by atoms with Crippen LogP contribution in [0.1, 0.15) is 22.6 Å². The van der Waals surface area contributed by atoms with Crippen LogP contribution in [0.25, 0.3) is 0 Å². The molecule has 0 saturated heterocycles. The van der Waals surface area contributed by atoms with Crippen LogP contribution in [0.3, 0.4) is 0 Å². The van der Waals surface area contributed by atoms with Crippen molar-refractivity contribution in [2.45, 2.75) is 19.4 Å². The van der Waals surface area contributed by atoms with Crippen LogP contribution in [-0.2, 0) is 24.2 Å². The van der Waals surface area contributed by atoms with Crippen LogP contribution in [-0.4, -0.2) is 30.7 Å². The summed E-state index contributed by atoms with van der Waals surface area (Å²) in [6.07, 6.45) is 1.50. The molecule has 0 saturated carbocycles. The summed E-state index contributed by atoms with van der Waals surface area (Å²) in [6, 6.07) is 7.97. The van der Waals surface area contributed by atoms with Gasteiger partial charge in [-0.1, -0.05) is 18.2 Å². The van der Waals surface area contributed by atoms with E-state index in [1.165, 1.54) is 0 Å². The van der Waals surface area contributed by atoms with E-state index < -0.39 is 0 Å². The molecule has 0 spiro atoms. The summed E-state index contributed by atoms with van der Waals surface area (Å²) in [5, 5.41) is 3.15. The molecule has 0 amide bonds. The molecule has 5 nitrogen and oxygen atoms in total. The van der Waals surface area contributed by atoms with Crippen LogP contribution in [0.2, 0.25) is 0 Å². The fraction of sp³-hybridized carbons (Fsp3) is 0.375. The number of nitrogens with one attached hydrogen (secondary N) is 1. The lowest BCUT2D eigenvalue weighted by atomic mass is 10.1. The Labute approximate surface area is 124 Å². The zero-order valence-electron chi connectivity index (χ0n) is 12.3. The molecule has 3 rings (SSSR count). The Bertz CT molecular complexity index is 626. The lowest BCUT2D eigenvalue weighted by Gasteiger charge is -2.19. The number of para-hydroxylation sites is 1. The van der Waals surface area contributed by atoms with Gasteiger partial charge < -0.3 is 14.8 Å². The fourth-order valence-electron chi connectivity index (χ4n) is 2.59. The average Bonchev–Trinajstić information content (AvgIpc) is 2.54. The van der Waals surface area contributed by atoms with Crippen LogP contribution >= 0.6 is 0 Å². The van der Waals surface area contributed by atoms with Gasteiger partial charge in [0.2, 0.25) is 0 Å². The lowest BCUT2D eigenvalue weighted by Crippen LogP contribution is -2.17. The third-order valence-corrected chi connectivity index (χ3v) is 3.65. The van der Waals surface area contributed by atoms with Crippen LogP contribution in [0.15, 0.2) is 24.3 Å². The molecule has 2 heterocycles. The van der Waals surface area contributed by atoms with Gasteiger partial charge in [-0.05, 0) is 6.07 Å². The van der Waals surface area contributed by atoms with Gasteiger partial charge in [-0.2, -0.15) is 0 Å². The standard InChI is InChI=1S/C16H19N3O2/c1-17-16-12-10-21-8-7-13(12)18-15(19-16)9-11-5-3-4-6-14(11)20-2/h3-6H,7-10H2,1-2H3,(H,17,18,19). The molecule has 0 bridgehead atoms. The van der Waals surface area contributed by atoms with E-state index in [0.29, 0.717) is 13.0 Å². The van der Waals surface area contributed by atoms with Gasteiger partial charge in [0.25, 0.3) is 0 Å². The maximum absolute atomic E-state index is 5.49. The maximum Gasteiger partial charge on any atom is 0.135 e. The second kappa shape index (κ2) is 6.10. The zero-order chi connectivity index (χ0) is 14.7. The molecular weight excluding hydrogens is 266 g/mol. The highest BCUT2D eigenvalue weighted by Gasteiger charge is 2.18. The highest BCUT2D eigenvalue weighted by molar-refractivity contribution is 5.47. The summed E-state index contributed by atoms with van der Waals surface area (Å²) in [4.78, 5) is 9.32. The topological polar surface area (TPSA) is 56.3 Å². The molecule has 1 aromatic carbocycles. The van der Waals surface area contributed by atoms with Crippen molar-refractivity contribution >= 4 is 5.82 Å². The predicted octanol–water partition coefficient (Wildman–Crippen LogP) is 2.19. The van der Waals surface area contributed by atoms with Gasteiger partial charge >= 0.3 is 0 Å². The first kappa shape index (κ1) is 13.8. The van der Waals surface area contributed by atoms with E-state index in [1.807, 2.05) is 31.3 Å². The predicted molar refractivity (Wildman–Crippen MR) is 80.7 cm³/mol. The SMILES string of the molecule is CNc1nc(Cc2ccccc2OC)nc2c1COCC2. The van der Waals surface area contributed by atoms with Crippen LogP contribution in [0.4, 0.5) is 5.82 Å². The van der Waals surface area contributed by atoms with Gasteiger partial charge in [-0.3, -0.25) is 0 Å². The Kier molecular flexibility index (Phi) is 4.01. The quantitative estimate of drug-likeness (QED) is 0.933. The van der Waals surface area contributed by atoms with Gasteiger partial charge in [0.05, 0.1) is 26.0 Å². The highest BCUT2D eigenvalue weighted by Crippen LogP contribution is 2.24. The molecule has 1 aliphatic rings. The first-order valence-corrected chi connectivity index (χ1v) is 7.08. The third kappa shape index (κ3) is 2.83. The Morgan fingerprint density at radius 3 is 2.95 bits per heavy atom. The summed E-state index contributed by atoms with van der Waals surface area (Å²) >= 11 is 0. The largest absolute Gasteiger partial charge is 0.496 e. The second-order valence-electron chi connectivity index (χ2n) is 4.95. The normalized spacial score (nSPS) is 13.6. The minimum Gasteiger partial charge on any atom is -0.496 e. The van der Waals surface area contributed by atoms with Crippen molar-refractivity contribution in [2.75, 3.05) is 26.1 Å². The number of fused-ring (bicyclic) bond motifs is 1. The minimum atomic E-state index is 0.584. The fourth-order valence-corrected chi connectivity index (χ4v) is 2.59. The van der Waals surface area contributed by atoms with E-state index in [4.69, 9.17) is 14.5 Å². The van der Waals surface area contributed by atoms with E-state index >= 15 is 0 Å². The highest BCUT2D eigenvalue weighted by atomic mass is 16.5. The second-order valence-corrected chi connectivity index (χ2v) is 4.95.